The van der Waals surface area contributed by atoms with Crippen LogP contribution in [-0.2, 0) is 4.74 Å². The first-order chi connectivity index (χ1) is 14.9. The summed E-state index contributed by atoms with van der Waals surface area (Å²) >= 11 is 0. The molecule has 0 radical (unpaired) electrons. The van der Waals surface area contributed by atoms with E-state index in [0.717, 1.165) is 0 Å². The molecule has 2 aliphatic rings. The second kappa shape index (κ2) is 7.60. The molecule has 0 bridgehead atoms. The van der Waals surface area contributed by atoms with Crippen LogP contribution in [0.15, 0.2) is 65.4 Å². The Balaban J connectivity index is 2.05. The molecule has 1 atom stereocenters. The third kappa shape index (κ3) is 3.02. The molecular formula is C22H18N2O7. The zero-order chi connectivity index (χ0) is 22.3. The van der Waals surface area contributed by atoms with E-state index in [1.54, 1.807) is 30.3 Å². The summed E-state index contributed by atoms with van der Waals surface area (Å²) in [7, 11) is 4.31. The van der Waals surface area contributed by atoms with E-state index in [2.05, 4.69) is 5.32 Å². The SMILES string of the molecule is CNC1=C([N+](=O)[O-])C(c2cc(OC)ccc2OC)C2=C(O1)C(=O)c1ccccc1C2=O. The summed E-state index contributed by atoms with van der Waals surface area (Å²) in [5, 5.41) is 14.7. The number of carbonyl (C=O) groups is 2. The minimum atomic E-state index is -1.23. The number of Topliss-reactive ketones (excluding diaryl/α,β-unsaturated/α-hetero) is 2. The normalized spacial score (nSPS) is 17.6. The van der Waals surface area contributed by atoms with Crippen LogP contribution in [0.25, 0.3) is 0 Å². The Kier molecular flexibility index (Phi) is 4.94. The van der Waals surface area contributed by atoms with Gasteiger partial charge in [0.25, 0.3) is 5.88 Å². The van der Waals surface area contributed by atoms with Crippen molar-refractivity contribution in [3.63, 3.8) is 0 Å². The molecule has 2 aromatic carbocycles. The predicted octanol–water partition coefficient (Wildman–Crippen LogP) is 2.82. The van der Waals surface area contributed by atoms with Gasteiger partial charge in [-0.1, -0.05) is 24.3 Å². The maximum Gasteiger partial charge on any atom is 0.317 e. The third-order valence-corrected chi connectivity index (χ3v) is 5.28. The van der Waals surface area contributed by atoms with Gasteiger partial charge in [0, 0.05) is 23.7 Å². The van der Waals surface area contributed by atoms with Crippen molar-refractivity contribution < 1.29 is 28.7 Å². The second-order valence-electron chi connectivity index (χ2n) is 6.81. The number of nitrogens with zero attached hydrogens (tertiary/aromatic N) is 1. The van der Waals surface area contributed by atoms with Crippen LogP contribution in [0.4, 0.5) is 0 Å². The Morgan fingerprint density at radius 2 is 1.71 bits per heavy atom. The molecule has 1 aliphatic carbocycles. The molecule has 1 aliphatic heterocycles. The summed E-state index contributed by atoms with van der Waals surface area (Å²) < 4.78 is 16.3. The minimum Gasteiger partial charge on any atom is -0.497 e. The molecule has 9 nitrogen and oxygen atoms in total. The van der Waals surface area contributed by atoms with Gasteiger partial charge in [-0.2, -0.15) is 0 Å². The maximum absolute atomic E-state index is 13.5. The summed E-state index contributed by atoms with van der Waals surface area (Å²) in [5.74, 6) is -2.02. The van der Waals surface area contributed by atoms with Gasteiger partial charge < -0.3 is 19.5 Å². The molecule has 0 fully saturated rings. The Labute approximate surface area is 177 Å². The number of methoxy groups -OCH3 is 2. The summed E-state index contributed by atoms with van der Waals surface area (Å²) in [5.41, 5.74) is 0.131. The van der Waals surface area contributed by atoms with Crippen LogP contribution < -0.4 is 14.8 Å². The fraction of sp³-hybridized carbons (Fsp3) is 0.182. The lowest BCUT2D eigenvalue weighted by Crippen LogP contribution is -2.35. The number of benzene rings is 2. The fourth-order valence-corrected chi connectivity index (χ4v) is 3.89. The van der Waals surface area contributed by atoms with Gasteiger partial charge in [-0.05, 0) is 18.2 Å². The standard InChI is InChI=1S/C22H18N2O7/c1-23-22-18(24(27)28)16(14-10-11(29-2)8-9-15(14)30-3)17-19(25)12-6-4-5-7-13(12)20(26)21(17)31-22/h4-10,16,23H,1-3H3. The lowest BCUT2D eigenvalue weighted by Gasteiger charge is -2.30. The molecule has 9 heteroatoms. The van der Waals surface area contributed by atoms with E-state index in [0.29, 0.717) is 17.1 Å². The fourth-order valence-electron chi connectivity index (χ4n) is 3.89. The molecular weight excluding hydrogens is 404 g/mol. The molecule has 0 saturated heterocycles. The van der Waals surface area contributed by atoms with Crippen molar-refractivity contribution in [2.24, 2.45) is 0 Å². The van der Waals surface area contributed by atoms with Gasteiger partial charge in [0.1, 0.15) is 17.4 Å². The van der Waals surface area contributed by atoms with E-state index >= 15 is 0 Å². The van der Waals surface area contributed by atoms with Gasteiger partial charge in [0.05, 0.1) is 24.7 Å². The van der Waals surface area contributed by atoms with Gasteiger partial charge >= 0.3 is 5.70 Å². The monoisotopic (exact) mass is 422 g/mol. The quantitative estimate of drug-likeness (QED) is 0.577. The highest BCUT2D eigenvalue weighted by Gasteiger charge is 2.49. The van der Waals surface area contributed by atoms with Crippen LogP contribution in [0.2, 0.25) is 0 Å². The average Bonchev–Trinajstić information content (AvgIpc) is 2.80. The number of carbonyl (C=O) groups excluding carboxylic acids is 2. The van der Waals surface area contributed by atoms with Crippen LogP contribution >= 0.6 is 0 Å². The summed E-state index contributed by atoms with van der Waals surface area (Å²) in [6.45, 7) is 0. The largest absolute Gasteiger partial charge is 0.497 e. The van der Waals surface area contributed by atoms with Gasteiger partial charge in [-0.15, -0.1) is 0 Å². The van der Waals surface area contributed by atoms with Gasteiger partial charge in [-0.25, -0.2) is 0 Å². The van der Waals surface area contributed by atoms with E-state index in [-0.39, 0.29) is 28.3 Å². The summed E-state index contributed by atoms with van der Waals surface area (Å²) in [4.78, 5) is 38.1. The Morgan fingerprint density at radius 3 is 2.29 bits per heavy atom. The number of ketones is 2. The number of ether oxygens (including phenoxy) is 3. The molecule has 4 rings (SSSR count). The molecule has 158 valence electrons. The number of nitrogens with one attached hydrogen (secondary N) is 1. The second-order valence-corrected chi connectivity index (χ2v) is 6.81. The first kappa shape index (κ1) is 20.1. The summed E-state index contributed by atoms with van der Waals surface area (Å²) in [6.07, 6.45) is 0. The number of hydrogen-bond acceptors (Lipinski definition) is 8. The lowest BCUT2D eigenvalue weighted by molar-refractivity contribution is -0.433. The zero-order valence-electron chi connectivity index (χ0n) is 16.9. The molecule has 0 saturated carbocycles. The Morgan fingerprint density at radius 1 is 1.03 bits per heavy atom. The number of nitro groups is 1. The van der Waals surface area contributed by atoms with E-state index in [1.807, 2.05) is 0 Å². The predicted molar refractivity (Wildman–Crippen MR) is 109 cm³/mol. The van der Waals surface area contributed by atoms with E-state index < -0.39 is 28.1 Å². The molecule has 0 aromatic heterocycles. The lowest BCUT2D eigenvalue weighted by atomic mass is 9.76. The van der Waals surface area contributed by atoms with Crippen LogP contribution in [0.3, 0.4) is 0 Å². The smallest absolute Gasteiger partial charge is 0.317 e. The number of hydrogen-bond donors (Lipinski definition) is 1. The molecule has 0 amide bonds. The number of allylic oxidation sites excluding steroid dienone is 2. The van der Waals surface area contributed by atoms with Crippen LogP contribution in [0, 0.1) is 10.1 Å². The van der Waals surface area contributed by atoms with Crippen molar-refractivity contribution in [3.05, 3.63) is 92.2 Å². The zero-order valence-corrected chi connectivity index (χ0v) is 16.9. The summed E-state index contributed by atoms with van der Waals surface area (Å²) in [6, 6.07) is 11.1. The van der Waals surface area contributed by atoms with E-state index in [4.69, 9.17) is 14.2 Å². The Hall–Kier alpha value is -4.14. The van der Waals surface area contributed by atoms with E-state index in [1.165, 1.54) is 33.4 Å². The van der Waals surface area contributed by atoms with Gasteiger partial charge in [0.15, 0.2) is 11.5 Å². The molecule has 31 heavy (non-hydrogen) atoms. The van der Waals surface area contributed by atoms with Crippen LogP contribution in [0.1, 0.15) is 32.2 Å². The highest BCUT2D eigenvalue weighted by atomic mass is 16.6. The topological polar surface area (TPSA) is 117 Å². The first-order valence-electron chi connectivity index (χ1n) is 9.31. The highest BCUT2D eigenvalue weighted by molar-refractivity contribution is 6.27. The van der Waals surface area contributed by atoms with Crippen molar-refractivity contribution in [2.75, 3.05) is 21.3 Å². The molecule has 1 heterocycles. The number of rotatable bonds is 5. The average molecular weight is 422 g/mol. The van der Waals surface area contributed by atoms with Crippen LogP contribution in [0.5, 0.6) is 11.5 Å². The molecule has 0 spiro atoms. The molecule has 1 unspecified atom stereocenters. The van der Waals surface area contributed by atoms with Crippen LogP contribution in [-0.4, -0.2) is 37.8 Å². The van der Waals surface area contributed by atoms with Crippen molar-refractivity contribution in [2.45, 2.75) is 5.92 Å². The van der Waals surface area contributed by atoms with Crippen molar-refractivity contribution >= 4 is 11.6 Å². The van der Waals surface area contributed by atoms with E-state index in [9.17, 15) is 19.7 Å². The molecule has 2 aromatic rings. The maximum atomic E-state index is 13.5. The first-order valence-corrected chi connectivity index (χ1v) is 9.31. The third-order valence-electron chi connectivity index (χ3n) is 5.28. The van der Waals surface area contributed by atoms with Crippen molar-refractivity contribution in [3.8, 4) is 11.5 Å². The van der Waals surface area contributed by atoms with Crippen molar-refractivity contribution in [1.29, 1.82) is 0 Å². The molecule has 1 N–H and O–H groups in total. The number of fused-ring (bicyclic) bond motifs is 1. The minimum absolute atomic E-state index is 0.110. The Bertz CT molecular complexity index is 1200. The van der Waals surface area contributed by atoms with Gasteiger partial charge in [0.2, 0.25) is 5.78 Å². The highest BCUT2D eigenvalue weighted by Crippen LogP contribution is 2.47. The van der Waals surface area contributed by atoms with Crippen molar-refractivity contribution in [1.82, 2.24) is 5.32 Å². The van der Waals surface area contributed by atoms with Gasteiger partial charge in [-0.3, -0.25) is 19.7 Å².